The van der Waals surface area contributed by atoms with E-state index in [4.69, 9.17) is 0 Å². The first-order valence-corrected chi connectivity index (χ1v) is 6.93. The highest BCUT2D eigenvalue weighted by molar-refractivity contribution is 6.09. The van der Waals surface area contributed by atoms with Crippen LogP contribution in [0.25, 0.3) is 0 Å². The second kappa shape index (κ2) is 5.24. The van der Waals surface area contributed by atoms with E-state index in [1.807, 2.05) is 6.07 Å². The Balaban J connectivity index is 1.83. The van der Waals surface area contributed by atoms with E-state index >= 15 is 0 Å². The summed E-state index contributed by atoms with van der Waals surface area (Å²) in [6.07, 6.45) is 2.84. The SMILES string of the molecule is Cn1cc(C(=O)NN2C(=O)NC(C)(c3ccccc3)C2=O)cn1. The summed E-state index contributed by atoms with van der Waals surface area (Å²) in [5, 5.41) is 7.19. The molecule has 3 rings (SSSR count). The molecule has 0 bridgehead atoms. The third-order valence-corrected chi connectivity index (χ3v) is 3.72. The van der Waals surface area contributed by atoms with Gasteiger partial charge in [-0.05, 0) is 12.5 Å². The van der Waals surface area contributed by atoms with Gasteiger partial charge in [-0.2, -0.15) is 10.1 Å². The Hall–Kier alpha value is -3.16. The highest BCUT2D eigenvalue weighted by Gasteiger charge is 2.50. The van der Waals surface area contributed by atoms with Crippen molar-refractivity contribution >= 4 is 17.8 Å². The van der Waals surface area contributed by atoms with Crippen LogP contribution in [0.2, 0.25) is 0 Å². The molecule has 23 heavy (non-hydrogen) atoms. The fraction of sp³-hybridized carbons (Fsp3) is 0.200. The maximum absolute atomic E-state index is 12.6. The Morgan fingerprint density at radius 1 is 1.26 bits per heavy atom. The number of aryl methyl sites for hydroxylation is 1. The van der Waals surface area contributed by atoms with Crippen LogP contribution in [0, 0.1) is 0 Å². The average Bonchev–Trinajstić information content (AvgIpc) is 3.06. The van der Waals surface area contributed by atoms with Gasteiger partial charge in [0.15, 0.2) is 0 Å². The molecule has 1 saturated heterocycles. The number of hydrogen-bond donors (Lipinski definition) is 2. The smallest absolute Gasteiger partial charge is 0.318 e. The van der Waals surface area contributed by atoms with Gasteiger partial charge in [-0.25, -0.2) is 4.79 Å². The predicted octanol–water partition coefficient (Wildman–Crippen LogP) is 0.532. The van der Waals surface area contributed by atoms with E-state index in [1.165, 1.54) is 17.1 Å². The molecular weight excluding hydrogens is 298 g/mol. The molecule has 0 spiro atoms. The summed E-state index contributed by atoms with van der Waals surface area (Å²) in [6, 6.07) is 8.16. The van der Waals surface area contributed by atoms with E-state index in [0.29, 0.717) is 10.6 Å². The molecule has 1 aromatic heterocycles. The summed E-state index contributed by atoms with van der Waals surface area (Å²) in [5.41, 5.74) is 1.98. The molecule has 2 N–H and O–H groups in total. The zero-order valence-electron chi connectivity index (χ0n) is 12.6. The topological polar surface area (TPSA) is 96.3 Å². The van der Waals surface area contributed by atoms with E-state index in [0.717, 1.165) is 0 Å². The minimum absolute atomic E-state index is 0.251. The van der Waals surface area contributed by atoms with Gasteiger partial charge < -0.3 is 5.32 Å². The normalized spacial score (nSPS) is 20.5. The van der Waals surface area contributed by atoms with E-state index in [-0.39, 0.29) is 5.56 Å². The third kappa shape index (κ3) is 2.44. The van der Waals surface area contributed by atoms with Crippen molar-refractivity contribution in [2.45, 2.75) is 12.5 Å². The Labute approximate surface area is 132 Å². The maximum atomic E-state index is 12.6. The summed E-state index contributed by atoms with van der Waals surface area (Å²) in [6.45, 7) is 1.60. The van der Waals surface area contributed by atoms with Gasteiger partial charge in [0.25, 0.3) is 11.8 Å². The van der Waals surface area contributed by atoms with Gasteiger partial charge in [-0.15, -0.1) is 0 Å². The van der Waals surface area contributed by atoms with Crippen LogP contribution in [-0.4, -0.2) is 32.6 Å². The average molecular weight is 313 g/mol. The van der Waals surface area contributed by atoms with Crippen LogP contribution in [0.5, 0.6) is 0 Å². The molecule has 0 aliphatic carbocycles. The van der Waals surface area contributed by atoms with Crippen molar-refractivity contribution in [3.8, 4) is 0 Å². The quantitative estimate of drug-likeness (QED) is 0.808. The fourth-order valence-corrected chi connectivity index (χ4v) is 2.41. The molecule has 1 aromatic carbocycles. The Kier molecular flexibility index (Phi) is 3.36. The molecule has 2 aromatic rings. The number of aromatic nitrogens is 2. The number of rotatable bonds is 3. The molecule has 118 valence electrons. The van der Waals surface area contributed by atoms with Crippen molar-refractivity contribution in [1.29, 1.82) is 0 Å². The molecule has 1 aliphatic heterocycles. The zero-order chi connectivity index (χ0) is 16.6. The van der Waals surface area contributed by atoms with Crippen LogP contribution in [0.15, 0.2) is 42.7 Å². The lowest BCUT2D eigenvalue weighted by molar-refractivity contribution is -0.132. The largest absolute Gasteiger partial charge is 0.344 e. The predicted molar refractivity (Wildman–Crippen MR) is 79.8 cm³/mol. The summed E-state index contributed by atoms with van der Waals surface area (Å²) in [7, 11) is 1.66. The first-order chi connectivity index (χ1) is 10.9. The first kappa shape index (κ1) is 14.8. The van der Waals surface area contributed by atoms with Gasteiger partial charge in [0.2, 0.25) is 0 Å². The number of hydrazine groups is 1. The van der Waals surface area contributed by atoms with E-state index < -0.39 is 23.4 Å². The minimum Gasteiger partial charge on any atom is -0.318 e. The number of hydrogen-bond acceptors (Lipinski definition) is 4. The van der Waals surface area contributed by atoms with Crippen molar-refractivity contribution in [1.82, 2.24) is 25.5 Å². The lowest BCUT2D eigenvalue weighted by Gasteiger charge is -2.21. The van der Waals surface area contributed by atoms with Crippen LogP contribution >= 0.6 is 0 Å². The van der Waals surface area contributed by atoms with Crippen LogP contribution < -0.4 is 10.7 Å². The van der Waals surface area contributed by atoms with Crippen molar-refractivity contribution in [2.75, 3.05) is 0 Å². The van der Waals surface area contributed by atoms with E-state index in [2.05, 4.69) is 15.8 Å². The summed E-state index contributed by atoms with van der Waals surface area (Å²) in [5.74, 6) is -1.13. The fourth-order valence-electron chi connectivity index (χ4n) is 2.41. The number of nitrogens with zero attached hydrogens (tertiary/aromatic N) is 3. The summed E-state index contributed by atoms with van der Waals surface area (Å²) >= 11 is 0. The molecule has 8 nitrogen and oxygen atoms in total. The van der Waals surface area contributed by atoms with Crippen LogP contribution in [0.3, 0.4) is 0 Å². The molecule has 1 aliphatic rings. The number of nitrogens with one attached hydrogen (secondary N) is 2. The maximum Gasteiger partial charge on any atom is 0.344 e. The second-order valence-electron chi connectivity index (χ2n) is 5.41. The molecular formula is C15H15N5O3. The molecule has 0 saturated carbocycles. The molecule has 4 amide bonds. The Morgan fingerprint density at radius 3 is 2.57 bits per heavy atom. The number of imide groups is 1. The van der Waals surface area contributed by atoms with E-state index in [1.54, 1.807) is 38.2 Å². The second-order valence-corrected chi connectivity index (χ2v) is 5.41. The van der Waals surface area contributed by atoms with Crippen LogP contribution in [0.1, 0.15) is 22.8 Å². The lowest BCUT2D eigenvalue weighted by Crippen LogP contribution is -2.47. The van der Waals surface area contributed by atoms with E-state index in [9.17, 15) is 14.4 Å². The van der Waals surface area contributed by atoms with Gasteiger partial charge in [0.1, 0.15) is 5.54 Å². The van der Waals surface area contributed by atoms with Crippen molar-refractivity contribution in [2.24, 2.45) is 7.05 Å². The summed E-state index contributed by atoms with van der Waals surface area (Å²) in [4.78, 5) is 36.8. The van der Waals surface area contributed by atoms with Crippen LogP contribution in [-0.2, 0) is 17.4 Å². The number of carbonyl (C=O) groups is 3. The highest BCUT2D eigenvalue weighted by atomic mass is 16.2. The standard InChI is InChI=1S/C15H15N5O3/c1-15(11-6-4-3-5-7-11)13(22)20(14(23)17-15)18-12(21)10-8-16-19(2)9-10/h3-9H,1-2H3,(H,17,23)(H,18,21). The van der Waals surface area contributed by atoms with Crippen molar-refractivity contribution < 1.29 is 14.4 Å². The first-order valence-electron chi connectivity index (χ1n) is 6.93. The molecule has 0 radical (unpaired) electrons. The Morgan fingerprint density at radius 2 is 1.96 bits per heavy atom. The molecule has 8 heteroatoms. The molecule has 2 heterocycles. The Bertz CT molecular complexity index is 785. The van der Waals surface area contributed by atoms with Crippen molar-refractivity contribution in [3.05, 3.63) is 53.9 Å². The number of amides is 4. The lowest BCUT2D eigenvalue weighted by atomic mass is 9.92. The number of carbonyl (C=O) groups excluding carboxylic acids is 3. The summed E-state index contributed by atoms with van der Waals surface area (Å²) < 4.78 is 1.45. The van der Waals surface area contributed by atoms with Gasteiger partial charge in [-0.3, -0.25) is 19.7 Å². The van der Waals surface area contributed by atoms with Gasteiger partial charge in [0, 0.05) is 13.2 Å². The zero-order valence-corrected chi connectivity index (χ0v) is 12.6. The third-order valence-electron chi connectivity index (χ3n) is 3.72. The molecule has 1 fully saturated rings. The van der Waals surface area contributed by atoms with Crippen LogP contribution in [0.4, 0.5) is 4.79 Å². The van der Waals surface area contributed by atoms with Gasteiger partial charge in [-0.1, -0.05) is 30.3 Å². The monoisotopic (exact) mass is 313 g/mol. The molecule has 1 unspecified atom stereocenters. The van der Waals surface area contributed by atoms with Gasteiger partial charge >= 0.3 is 6.03 Å². The van der Waals surface area contributed by atoms with Crippen molar-refractivity contribution in [3.63, 3.8) is 0 Å². The number of benzene rings is 1. The molecule has 1 atom stereocenters. The minimum atomic E-state index is -1.22. The van der Waals surface area contributed by atoms with Gasteiger partial charge in [0.05, 0.1) is 11.8 Å². The highest BCUT2D eigenvalue weighted by Crippen LogP contribution is 2.27. The number of urea groups is 1.